The lowest BCUT2D eigenvalue weighted by atomic mass is 9.89. The van der Waals surface area contributed by atoms with Crippen LogP contribution in [-0.2, 0) is 22.3 Å². The van der Waals surface area contributed by atoms with Gasteiger partial charge in [0.25, 0.3) is 0 Å². The molecule has 0 unspecified atom stereocenters. The summed E-state index contributed by atoms with van der Waals surface area (Å²) in [6, 6.07) is 10.7. The number of rotatable bonds is 6. The SMILES string of the molecule is CC[N+](C)(C)Cc1cc(C#N)ccc1[C@@H]1C(C(=O)OC)=C(C)N(c2cccc(C(F)(F)F)c2)c2n[nH]c(=O)n21. The Morgan fingerprint density at radius 3 is 2.56 bits per heavy atom. The van der Waals surface area contributed by atoms with Gasteiger partial charge in [0, 0.05) is 16.9 Å². The molecule has 1 aliphatic rings. The number of H-pyrrole nitrogens is 1. The van der Waals surface area contributed by atoms with Crippen LogP contribution in [0.4, 0.5) is 24.8 Å². The normalized spacial score (nSPS) is 15.7. The number of esters is 1. The number of aromatic amines is 1. The summed E-state index contributed by atoms with van der Waals surface area (Å²) in [6.45, 7) is 4.83. The van der Waals surface area contributed by atoms with Crippen molar-refractivity contribution in [1.82, 2.24) is 14.8 Å². The number of hydrogen-bond acceptors (Lipinski definition) is 6. The van der Waals surface area contributed by atoms with E-state index in [4.69, 9.17) is 4.74 Å². The molecule has 0 aliphatic carbocycles. The molecule has 1 atom stereocenters. The third-order valence-corrected chi connectivity index (χ3v) is 7.00. The fraction of sp³-hybridized carbons (Fsp3) is 0.333. The summed E-state index contributed by atoms with van der Waals surface area (Å²) in [5.74, 6) is -0.748. The van der Waals surface area contributed by atoms with Gasteiger partial charge in [-0.3, -0.25) is 4.90 Å². The summed E-state index contributed by atoms with van der Waals surface area (Å²) >= 11 is 0. The molecule has 204 valence electrons. The molecule has 3 aromatic rings. The van der Waals surface area contributed by atoms with Crippen molar-refractivity contribution < 1.29 is 27.2 Å². The predicted octanol–water partition coefficient (Wildman–Crippen LogP) is 4.25. The van der Waals surface area contributed by atoms with E-state index >= 15 is 0 Å². The van der Waals surface area contributed by atoms with Gasteiger partial charge in [-0.15, -0.1) is 5.10 Å². The van der Waals surface area contributed by atoms with Crippen molar-refractivity contribution in [1.29, 1.82) is 5.26 Å². The van der Waals surface area contributed by atoms with Gasteiger partial charge in [0.2, 0.25) is 5.95 Å². The zero-order valence-corrected chi connectivity index (χ0v) is 22.1. The first kappa shape index (κ1) is 27.7. The first-order valence-electron chi connectivity index (χ1n) is 12.1. The first-order chi connectivity index (χ1) is 18.3. The molecule has 0 saturated heterocycles. The van der Waals surface area contributed by atoms with Crippen LogP contribution in [0, 0.1) is 11.3 Å². The standard InChI is InChI=1S/C27H27F3N6O3/c1-6-36(3,4)15-18-12-17(14-31)10-11-21(18)23-22(24(37)39-5)16(2)34(25-32-33-26(38)35(23)25)20-9-7-8-19(13-20)27(28,29)30/h7-13,23H,6,15H2,1-5H3/p+1/t23-/m1/s1. The summed E-state index contributed by atoms with van der Waals surface area (Å²) < 4.78 is 47.5. The monoisotopic (exact) mass is 541 g/mol. The number of fused-ring (bicyclic) bond motifs is 1. The number of methoxy groups -OCH3 is 1. The Morgan fingerprint density at radius 1 is 1.23 bits per heavy atom. The number of anilines is 2. The Hall–Kier alpha value is -4.37. The number of nitrogens with zero attached hydrogens (tertiary/aromatic N) is 5. The molecule has 0 bridgehead atoms. The molecule has 0 spiro atoms. The summed E-state index contributed by atoms with van der Waals surface area (Å²) in [5.41, 5.74) is 0.510. The third-order valence-electron chi connectivity index (χ3n) is 7.00. The summed E-state index contributed by atoms with van der Waals surface area (Å²) in [6.07, 6.45) is -4.61. The highest BCUT2D eigenvalue weighted by Gasteiger charge is 2.41. The van der Waals surface area contributed by atoms with Crippen LogP contribution in [0.5, 0.6) is 0 Å². The number of halogens is 3. The van der Waals surface area contributed by atoms with Gasteiger partial charge in [-0.1, -0.05) is 12.1 Å². The van der Waals surface area contributed by atoms with E-state index in [-0.39, 0.29) is 22.9 Å². The van der Waals surface area contributed by atoms with Crippen LogP contribution in [0.15, 0.2) is 58.5 Å². The lowest BCUT2D eigenvalue weighted by Gasteiger charge is -2.37. The smallest absolute Gasteiger partial charge is 0.416 e. The molecule has 0 fully saturated rings. The Labute approximate surface area is 222 Å². The Bertz CT molecular complexity index is 1560. The number of quaternary nitrogens is 1. The lowest BCUT2D eigenvalue weighted by Crippen LogP contribution is -2.40. The van der Waals surface area contributed by atoms with Crippen molar-refractivity contribution in [2.24, 2.45) is 0 Å². The maximum Gasteiger partial charge on any atom is 0.416 e. The predicted molar refractivity (Wildman–Crippen MR) is 137 cm³/mol. The minimum Gasteiger partial charge on any atom is -0.466 e. The van der Waals surface area contributed by atoms with Gasteiger partial charge >= 0.3 is 17.8 Å². The molecule has 1 aromatic heterocycles. The molecular weight excluding hydrogens is 513 g/mol. The van der Waals surface area contributed by atoms with E-state index in [0.29, 0.717) is 22.2 Å². The first-order valence-corrected chi connectivity index (χ1v) is 12.1. The minimum absolute atomic E-state index is 0.00836. The van der Waals surface area contributed by atoms with E-state index in [0.717, 1.165) is 24.2 Å². The number of ether oxygens (including phenoxy) is 1. The molecule has 1 N–H and O–H groups in total. The number of benzene rings is 2. The highest BCUT2D eigenvalue weighted by Crippen LogP contribution is 2.43. The van der Waals surface area contributed by atoms with Crippen LogP contribution in [0.2, 0.25) is 0 Å². The highest BCUT2D eigenvalue weighted by molar-refractivity contribution is 5.93. The van der Waals surface area contributed by atoms with Crippen molar-refractivity contribution in [3.05, 3.63) is 86.5 Å². The maximum atomic E-state index is 13.5. The van der Waals surface area contributed by atoms with E-state index in [1.807, 2.05) is 21.0 Å². The van der Waals surface area contributed by atoms with Crippen LogP contribution in [-0.4, -0.2) is 53.0 Å². The second-order valence-electron chi connectivity index (χ2n) is 9.91. The Kier molecular flexibility index (Phi) is 7.14. The summed E-state index contributed by atoms with van der Waals surface area (Å²) in [5, 5.41) is 16.1. The Balaban J connectivity index is 2.03. The summed E-state index contributed by atoms with van der Waals surface area (Å²) in [4.78, 5) is 27.8. The maximum absolute atomic E-state index is 13.5. The molecule has 2 aromatic carbocycles. The number of nitrogens with one attached hydrogen (secondary N) is 1. The van der Waals surface area contributed by atoms with E-state index in [9.17, 15) is 28.0 Å². The number of aromatic nitrogens is 3. The van der Waals surface area contributed by atoms with Gasteiger partial charge in [0.15, 0.2) is 0 Å². The van der Waals surface area contributed by atoms with Gasteiger partial charge in [-0.05, 0) is 49.7 Å². The van der Waals surface area contributed by atoms with Gasteiger partial charge in [0.05, 0.1) is 50.5 Å². The van der Waals surface area contributed by atoms with Gasteiger partial charge in [0.1, 0.15) is 12.6 Å². The van der Waals surface area contributed by atoms with E-state index in [2.05, 4.69) is 16.3 Å². The molecule has 1 aliphatic heterocycles. The van der Waals surface area contributed by atoms with Gasteiger partial charge in [-0.25, -0.2) is 19.3 Å². The largest absolute Gasteiger partial charge is 0.466 e. The number of allylic oxidation sites excluding steroid dienone is 1. The lowest BCUT2D eigenvalue weighted by molar-refractivity contribution is -0.901. The van der Waals surface area contributed by atoms with Crippen molar-refractivity contribution in [2.45, 2.75) is 32.6 Å². The Morgan fingerprint density at radius 2 is 1.95 bits per heavy atom. The topological polar surface area (TPSA) is 104 Å². The number of alkyl halides is 3. The molecule has 0 saturated carbocycles. The number of hydrogen-bond donors (Lipinski definition) is 1. The fourth-order valence-electron chi connectivity index (χ4n) is 4.73. The van der Waals surface area contributed by atoms with Crippen molar-refractivity contribution in [2.75, 3.05) is 32.6 Å². The fourth-order valence-corrected chi connectivity index (χ4v) is 4.73. The third kappa shape index (κ3) is 5.05. The van der Waals surface area contributed by atoms with Crippen LogP contribution in [0.3, 0.4) is 0 Å². The second kappa shape index (κ2) is 10.1. The molecule has 9 nitrogen and oxygen atoms in total. The quantitative estimate of drug-likeness (QED) is 0.370. The number of carbonyl (C=O) groups excluding carboxylic acids is 1. The van der Waals surface area contributed by atoms with Crippen LogP contribution in [0.25, 0.3) is 0 Å². The molecule has 0 radical (unpaired) electrons. The van der Waals surface area contributed by atoms with E-state index in [1.165, 1.54) is 28.7 Å². The van der Waals surface area contributed by atoms with Gasteiger partial charge < -0.3 is 9.22 Å². The minimum atomic E-state index is -4.61. The molecule has 0 amide bonds. The molecular formula is C27H28F3N6O3+. The average molecular weight is 542 g/mol. The molecule has 2 heterocycles. The zero-order chi connectivity index (χ0) is 28.7. The number of nitriles is 1. The molecule has 39 heavy (non-hydrogen) atoms. The van der Waals surface area contributed by atoms with Crippen LogP contribution in [0.1, 0.15) is 42.1 Å². The van der Waals surface area contributed by atoms with Crippen LogP contribution >= 0.6 is 0 Å². The highest BCUT2D eigenvalue weighted by atomic mass is 19.4. The molecule has 4 rings (SSSR count). The van der Waals surface area contributed by atoms with E-state index in [1.54, 1.807) is 25.1 Å². The van der Waals surface area contributed by atoms with Gasteiger partial charge in [-0.2, -0.15) is 18.4 Å². The van der Waals surface area contributed by atoms with Crippen LogP contribution < -0.4 is 10.6 Å². The zero-order valence-electron chi connectivity index (χ0n) is 22.1. The van der Waals surface area contributed by atoms with E-state index < -0.39 is 29.4 Å². The van der Waals surface area contributed by atoms with Crippen molar-refractivity contribution >= 4 is 17.6 Å². The average Bonchev–Trinajstić information content (AvgIpc) is 3.27. The second-order valence-corrected chi connectivity index (χ2v) is 9.91. The van der Waals surface area contributed by atoms with Crippen molar-refractivity contribution in [3.8, 4) is 6.07 Å². The van der Waals surface area contributed by atoms with Crippen molar-refractivity contribution in [3.63, 3.8) is 0 Å². The number of carbonyl (C=O) groups is 1. The molecule has 12 heteroatoms. The summed E-state index contributed by atoms with van der Waals surface area (Å²) in [7, 11) is 5.21.